The van der Waals surface area contributed by atoms with Gasteiger partial charge in [0.2, 0.25) is 5.89 Å². The van der Waals surface area contributed by atoms with Gasteiger partial charge in [-0.15, -0.1) is 0 Å². The van der Waals surface area contributed by atoms with Gasteiger partial charge in [-0.25, -0.2) is 4.39 Å². The molecule has 3 rings (SSSR count). The first-order chi connectivity index (χ1) is 9.29. The number of rotatable bonds is 4. The van der Waals surface area contributed by atoms with Crippen LogP contribution >= 0.6 is 0 Å². The standard InChI is InChI=1S/C14H16FN3O/c15-11-4-1-3-10(7-11)8-13-17-14(19-18-13)9-12-5-2-6-16-12/h1,3-4,7,12,16H,2,5-6,8-9H2. The molecule has 5 heteroatoms. The average Bonchev–Trinajstić information content (AvgIpc) is 3.02. The lowest BCUT2D eigenvalue weighted by Crippen LogP contribution is -2.23. The Morgan fingerprint density at radius 2 is 2.37 bits per heavy atom. The quantitative estimate of drug-likeness (QED) is 0.915. The highest BCUT2D eigenvalue weighted by atomic mass is 19.1. The molecule has 2 aromatic rings. The maximum atomic E-state index is 13.1. The molecule has 4 nitrogen and oxygen atoms in total. The van der Waals surface area contributed by atoms with Crippen LogP contribution in [0.4, 0.5) is 4.39 Å². The van der Waals surface area contributed by atoms with E-state index >= 15 is 0 Å². The summed E-state index contributed by atoms with van der Waals surface area (Å²) < 4.78 is 18.3. The van der Waals surface area contributed by atoms with Gasteiger partial charge < -0.3 is 9.84 Å². The molecule has 0 aliphatic carbocycles. The van der Waals surface area contributed by atoms with Gasteiger partial charge in [-0.3, -0.25) is 0 Å². The third kappa shape index (κ3) is 3.17. The van der Waals surface area contributed by atoms with Crippen molar-refractivity contribution < 1.29 is 8.91 Å². The zero-order valence-electron chi connectivity index (χ0n) is 10.6. The lowest BCUT2D eigenvalue weighted by atomic mass is 10.1. The summed E-state index contributed by atoms with van der Waals surface area (Å²) in [6.45, 7) is 1.06. The van der Waals surface area contributed by atoms with Crippen molar-refractivity contribution in [1.82, 2.24) is 15.5 Å². The lowest BCUT2D eigenvalue weighted by molar-refractivity contribution is 0.360. The monoisotopic (exact) mass is 261 g/mol. The first-order valence-electron chi connectivity index (χ1n) is 6.59. The normalized spacial score (nSPS) is 18.9. The first kappa shape index (κ1) is 12.3. The fourth-order valence-corrected chi connectivity index (χ4v) is 2.42. The van der Waals surface area contributed by atoms with Crippen molar-refractivity contribution in [3.63, 3.8) is 0 Å². The molecule has 19 heavy (non-hydrogen) atoms. The molecule has 1 saturated heterocycles. The largest absolute Gasteiger partial charge is 0.339 e. The van der Waals surface area contributed by atoms with Gasteiger partial charge in [-0.2, -0.15) is 4.98 Å². The second kappa shape index (κ2) is 5.48. The third-order valence-corrected chi connectivity index (χ3v) is 3.34. The first-order valence-corrected chi connectivity index (χ1v) is 6.59. The number of nitrogens with one attached hydrogen (secondary N) is 1. The van der Waals surface area contributed by atoms with Crippen LogP contribution in [0.2, 0.25) is 0 Å². The molecule has 100 valence electrons. The Kier molecular flexibility index (Phi) is 3.55. The van der Waals surface area contributed by atoms with Crippen LogP contribution in [0.3, 0.4) is 0 Å². The number of aromatic nitrogens is 2. The molecule has 1 aromatic carbocycles. The van der Waals surface area contributed by atoms with Crippen LogP contribution in [0, 0.1) is 5.82 Å². The van der Waals surface area contributed by atoms with E-state index in [2.05, 4.69) is 15.5 Å². The summed E-state index contributed by atoms with van der Waals surface area (Å²) in [7, 11) is 0. The number of hydrogen-bond acceptors (Lipinski definition) is 4. The minimum atomic E-state index is -0.239. The highest BCUT2D eigenvalue weighted by Gasteiger charge is 2.18. The number of hydrogen-bond donors (Lipinski definition) is 1. The van der Waals surface area contributed by atoms with E-state index in [1.165, 1.54) is 18.6 Å². The van der Waals surface area contributed by atoms with Crippen molar-refractivity contribution in [2.45, 2.75) is 31.7 Å². The molecule has 1 aliphatic rings. The van der Waals surface area contributed by atoms with E-state index in [1.807, 2.05) is 6.07 Å². The van der Waals surface area contributed by atoms with Crippen LogP contribution in [0.25, 0.3) is 0 Å². The Bertz CT molecular complexity index is 549. The molecule has 0 bridgehead atoms. The summed E-state index contributed by atoms with van der Waals surface area (Å²) in [5, 5.41) is 7.34. The topological polar surface area (TPSA) is 51.0 Å². The predicted molar refractivity (Wildman–Crippen MR) is 68.2 cm³/mol. The van der Waals surface area contributed by atoms with Gasteiger partial charge in [0.05, 0.1) is 0 Å². The minimum absolute atomic E-state index is 0.239. The van der Waals surface area contributed by atoms with Crippen LogP contribution in [0.15, 0.2) is 28.8 Å². The Morgan fingerprint density at radius 1 is 1.42 bits per heavy atom. The highest BCUT2D eigenvalue weighted by Crippen LogP contribution is 2.13. The number of halogens is 1. The van der Waals surface area contributed by atoms with Crippen LogP contribution in [0.1, 0.15) is 30.1 Å². The summed E-state index contributed by atoms with van der Waals surface area (Å²) >= 11 is 0. The summed E-state index contributed by atoms with van der Waals surface area (Å²) in [6, 6.07) is 6.92. The van der Waals surface area contributed by atoms with Crippen molar-refractivity contribution >= 4 is 0 Å². The van der Waals surface area contributed by atoms with E-state index in [0.717, 1.165) is 24.9 Å². The maximum Gasteiger partial charge on any atom is 0.228 e. The van der Waals surface area contributed by atoms with Crippen molar-refractivity contribution in [1.29, 1.82) is 0 Å². The van der Waals surface area contributed by atoms with Crippen LogP contribution in [-0.2, 0) is 12.8 Å². The molecule has 1 fully saturated rings. The molecular formula is C14H16FN3O. The van der Waals surface area contributed by atoms with Crippen LogP contribution < -0.4 is 5.32 Å². The SMILES string of the molecule is Fc1cccc(Cc2noc(CC3CCCN3)n2)c1. The van der Waals surface area contributed by atoms with Gasteiger partial charge in [0, 0.05) is 18.9 Å². The molecule has 1 atom stereocenters. The van der Waals surface area contributed by atoms with Gasteiger partial charge in [0.1, 0.15) is 5.82 Å². The maximum absolute atomic E-state index is 13.1. The van der Waals surface area contributed by atoms with Gasteiger partial charge in [0.15, 0.2) is 5.82 Å². The molecule has 1 N–H and O–H groups in total. The predicted octanol–water partition coefficient (Wildman–Crippen LogP) is 2.09. The Balaban J connectivity index is 1.64. The average molecular weight is 261 g/mol. The van der Waals surface area contributed by atoms with E-state index in [-0.39, 0.29) is 5.82 Å². The Hall–Kier alpha value is -1.75. The summed E-state index contributed by atoms with van der Waals surface area (Å²) in [5.74, 6) is 1.03. The van der Waals surface area contributed by atoms with Gasteiger partial charge >= 0.3 is 0 Å². The minimum Gasteiger partial charge on any atom is -0.339 e. The molecule has 0 saturated carbocycles. The zero-order valence-corrected chi connectivity index (χ0v) is 10.6. The molecule has 1 unspecified atom stereocenters. The summed E-state index contributed by atoms with van der Waals surface area (Å²) in [6.07, 6.45) is 3.63. The second-order valence-electron chi connectivity index (χ2n) is 4.91. The van der Waals surface area contributed by atoms with Gasteiger partial charge in [-0.05, 0) is 37.1 Å². The fourth-order valence-electron chi connectivity index (χ4n) is 2.42. The van der Waals surface area contributed by atoms with Crippen molar-refractivity contribution in [3.8, 4) is 0 Å². The van der Waals surface area contributed by atoms with Gasteiger partial charge in [-0.1, -0.05) is 17.3 Å². The molecule has 2 heterocycles. The lowest BCUT2D eigenvalue weighted by Gasteiger charge is -2.04. The smallest absolute Gasteiger partial charge is 0.228 e. The van der Waals surface area contributed by atoms with Crippen molar-refractivity contribution in [2.24, 2.45) is 0 Å². The highest BCUT2D eigenvalue weighted by molar-refractivity contribution is 5.19. The molecular weight excluding hydrogens is 245 g/mol. The third-order valence-electron chi connectivity index (χ3n) is 3.34. The van der Waals surface area contributed by atoms with Crippen molar-refractivity contribution in [3.05, 3.63) is 47.4 Å². The Morgan fingerprint density at radius 3 is 3.16 bits per heavy atom. The van der Waals surface area contributed by atoms with Crippen LogP contribution in [0.5, 0.6) is 0 Å². The van der Waals surface area contributed by atoms with Gasteiger partial charge in [0.25, 0.3) is 0 Å². The molecule has 0 amide bonds. The number of nitrogens with zero attached hydrogens (tertiary/aromatic N) is 2. The van der Waals surface area contributed by atoms with E-state index in [9.17, 15) is 4.39 Å². The molecule has 0 radical (unpaired) electrons. The Labute approximate surface area is 111 Å². The molecule has 1 aliphatic heterocycles. The van der Waals surface area contributed by atoms with E-state index in [1.54, 1.807) is 6.07 Å². The van der Waals surface area contributed by atoms with E-state index in [4.69, 9.17) is 4.52 Å². The fraction of sp³-hybridized carbons (Fsp3) is 0.429. The zero-order chi connectivity index (χ0) is 13.1. The number of benzene rings is 1. The van der Waals surface area contributed by atoms with Crippen molar-refractivity contribution in [2.75, 3.05) is 6.54 Å². The summed E-state index contributed by atoms with van der Waals surface area (Å²) in [5.41, 5.74) is 0.853. The molecule has 0 spiro atoms. The van der Waals surface area contributed by atoms with E-state index < -0.39 is 0 Å². The second-order valence-corrected chi connectivity index (χ2v) is 4.91. The summed E-state index contributed by atoms with van der Waals surface area (Å²) in [4.78, 5) is 4.36. The van der Waals surface area contributed by atoms with E-state index in [0.29, 0.717) is 24.2 Å². The van der Waals surface area contributed by atoms with Crippen LogP contribution in [-0.4, -0.2) is 22.7 Å². The molecule has 1 aromatic heterocycles.